The number of amides is 1. The molecule has 1 unspecified atom stereocenters. The van der Waals surface area contributed by atoms with Crippen LogP contribution in [0.2, 0.25) is 0 Å². The van der Waals surface area contributed by atoms with Gasteiger partial charge in [-0.05, 0) is 26.0 Å². The zero-order valence-electron chi connectivity index (χ0n) is 9.46. The summed E-state index contributed by atoms with van der Waals surface area (Å²) in [7, 11) is 1.36. The molecule has 0 aromatic heterocycles. The van der Waals surface area contributed by atoms with Crippen LogP contribution in [0.4, 0.5) is 4.79 Å². The molecule has 0 aliphatic heterocycles. The fourth-order valence-corrected chi connectivity index (χ4v) is 0.900. The number of methoxy groups -OCH3 is 1. The smallest absolute Gasteiger partial charge is 0.407 e. The summed E-state index contributed by atoms with van der Waals surface area (Å²) in [6.45, 7) is 7.61. The second kappa shape index (κ2) is 8.94. The molecule has 0 heterocycles. The maximum Gasteiger partial charge on any atom is 0.407 e. The fraction of sp³-hybridized carbons (Fsp3) is 0.700. The van der Waals surface area contributed by atoms with Crippen LogP contribution in [-0.4, -0.2) is 25.0 Å². The van der Waals surface area contributed by atoms with Crippen molar-refractivity contribution in [1.82, 2.24) is 5.32 Å². The molecule has 1 amide bonds. The van der Waals surface area contributed by atoms with Crippen LogP contribution in [0, 0.1) is 0 Å². The Balaban J connectivity index is 0. The summed E-state index contributed by atoms with van der Waals surface area (Å²) in [4.78, 5) is 10.9. The second-order valence-electron chi connectivity index (χ2n) is 3.02. The van der Waals surface area contributed by atoms with E-state index in [1.54, 1.807) is 12.3 Å². The minimum atomic E-state index is -0.388. The first-order chi connectivity index (χ1) is 6.58. The van der Waals surface area contributed by atoms with Crippen molar-refractivity contribution in [1.29, 1.82) is 0 Å². The monoisotopic (exact) mass is 219 g/mol. The second-order valence-corrected chi connectivity index (χ2v) is 3.02. The Hall–Kier alpha value is -0.640. The zero-order chi connectivity index (χ0) is 11.6. The van der Waals surface area contributed by atoms with Crippen molar-refractivity contribution in [3.05, 3.63) is 12.7 Å². The lowest BCUT2D eigenvalue weighted by molar-refractivity contribution is 0.156. The third kappa shape index (κ3) is 6.83. The fourth-order valence-electron chi connectivity index (χ4n) is 0.900. The molecule has 0 fully saturated rings. The van der Waals surface area contributed by atoms with Gasteiger partial charge in [0, 0.05) is 5.54 Å². The van der Waals surface area contributed by atoms with Gasteiger partial charge in [-0.1, -0.05) is 13.0 Å². The third-order valence-corrected chi connectivity index (χ3v) is 1.96. The molecular weight excluding hydrogens is 198 g/mol. The Morgan fingerprint density at radius 3 is 2.43 bits per heavy atom. The summed E-state index contributed by atoms with van der Waals surface area (Å²) < 4.78 is 4.51. The van der Waals surface area contributed by atoms with E-state index in [9.17, 15) is 4.79 Å². The Kier molecular flexibility index (Phi) is 10.1. The SMILES string of the molecule is C=CCC(C)(CC)NC(=O)OC.CS. The van der Waals surface area contributed by atoms with E-state index in [-0.39, 0.29) is 11.6 Å². The van der Waals surface area contributed by atoms with Crippen LogP contribution in [-0.2, 0) is 4.74 Å². The van der Waals surface area contributed by atoms with Gasteiger partial charge in [-0.3, -0.25) is 0 Å². The molecule has 0 aliphatic carbocycles. The van der Waals surface area contributed by atoms with Gasteiger partial charge < -0.3 is 10.1 Å². The lowest BCUT2D eigenvalue weighted by atomic mass is 9.95. The van der Waals surface area contributed by atoms with Gasteiger partial charge in [0.25, 0.3) is 0 Å². The van der Waals surface area contributed by atoms with Crippen LogP contribution < -0.4 is 5.32 Å². The van der Waals surface area contributed by atoms with Crippen LogP contribution >= 0.6 is 12.6 Å². The first-order valence-corrected chi connectivity index (χ1v) is 5.39. The third-order valence-electron chi connectivity index (χ3n) is 1.96. The van der Waals surface area contributed by atoms with Gasteiger partial charge >= 0.3 is 6.09 Å². The highest BCUT2D eigenvalue weighted by atomic mass is 32.1. The van der Waals surface area contributed by atoms with Crippen LogP contribution in [0.3, 0.4) is 0 Å². The molecule has 3 nitrogen and oxygen atoms in total. The summed E-state index contributed by atoms with van der Waals surface area (Å²) in [6, 6.07) is 0. The van der Waals surface area contributed by atoms with Crippen LogP contribution in [0.5, 0.6) is 0 Å². The summed E-state index contributed by atoms with van der Waals surface area (Å²) in [6.07, 6.45) is 4.70. The molecule has 0 aromatic rings. The van der Waals surface area contributed by atoms with Gasteiger partial charge in [-0.2, -0.15) is 12.6 Å². The molecule has 14 heavy (non-hydrogen) atoms. The Bertz CT molecular complexity index is 174. The number of alkyl carbamates (subject to hydrolysis) is 1. The topological polar surface area (TPSA) is 38.3 Å². The van der Waals surface area contributed by atoms with Gasteiger partial charge in [0.05, 0.1) is 7.11 Å². The number of thiol groups is 1. The summed E-state index contributed by atoms with van der Waals surface area (Å²) >= 11 is 3.53. The highest BCUT2D eigenvalue weighted by molar-refractivity contribution is 7.79. The minimum absolute atomic E-state index is 0.227. The van der Waals surface area contributed by atoms with E-state index >= 15 is 0 Å². The normalized spacial score (nSPS) is 12.9. The standard InChI is InChI=1S/C9H17NO2.CH4S/c1-5-7-9(3,6-2)10-8(11)12-4;1-2/h5H,1,6-7H2,2-4H3,(H,10,11);2H,1H3. The molecule has 0 bridgehead atoms. The minimum Gasteiger partial charge on any atom is -0.453 e. The molecule has 0 saturated heterocycles. The molecule has 0 radical (unpaired) electrons. The average Bonchev–Trinajstić information content (AvgIpc) is 2.21. The molecule has 1 atom stereocenters. The van der Waals surface area contributed by atoms with Crippen molar-refractivity contribution in [2.75, 3.05) is 13.4 Å². The molecule has 0 aliphatic rings. The summed E-state index contributed by atoms with van der Waals surface area (Å²) in [5.41, 5.74) is -0.227. The molecule has 4 heteroatoms. The van der Waals surface area contributed by atoms with Gasteiger partial charge in [0.2, 0.25) is 0 Å². The van der Waals surface area contributed by atoms with Gasteiger partial charge in [-0.25, -0.2) is 4.79 Å². The van der Waals surface area contributed by atoms with Crippen molar-refractivity contribution in [2.24, 2.45) is 0 Å². The quantitative estimate of drug-likeness (QED) is 0.563. The van der Waals surface area contributed by atoms with Crippen molar-refractivity contribution in [3.63, 3.8) is 0 Å². The number of carbonyl (C=O) groups is 1. The van der Waals surface area contributed by atoms with Crippen molar-refractivity contribution in [2.45, 2.75) is 32.2 Å². The number of ether oxygens (including phenoxy) is 1. The summed E-state index contributed by atoms with van der Waals surface area (Å²) in [5.74, 6) is 0. The summed E-state index contributed by atoms with van der Waals surface area (Å²) in [5, 5.41) is 2.76. The number of rotatable bonds is 4. The van der Waals surface area contributed by atoms with E-state index in [2.05, 4.69) is 29.3 Å². The Labute approximate surface area is 92.3 Å². The van der Waals surface area contributed by atoms with E-state index in [1.165, 1.54) is 7.11 Å². The molecule has 1 N–H and O–H groups in total. The lowest BCUT2D eigenvalue weighted by Gasteiger charge is -2.27. The van der Waals surface area contributed by atoms with Crippen molar-refractivity contribution in [3.8, 4) is 0 Å². The number of carbonyl (C=O) groups excluding carboxylic acids is 1. The van der Waals surface area contributed by atoms with E-state index in [0.29, 0.717) is 0 Å². The zero-order valence-corrected chi connectivity index (χ0v) is 10.4. The first-order valence-electron chi connectivity index (χ1n) is 4.49. The average molecular weight is 219 g/mol. The molecule has 0 saturated carbocycles. The van der Waals surface area contributed by atoms with Gasteiger partial charge in [0.1, 0.15) is 0 Å². The number of hydrogen-bond acceptors (Lipinski definition) is 3. The predicted octanol–water partition coefficient (Wildman–Crippen LogP) is 2.63. The van der Waals surface area contributed by atoms with E-state index in [0.717, 1.165) is 12.8 Å². The van der Waals surface area contributed by atoms with Crippen molar-refractivity contribution >= 4 is 18.7 Å². The Morgan fingerprint density at radius 2 is 2.14 bits per heavy atom. The highest BCUT2D eigenvalue weighted by Crippen LogP contribution is 2.14. The van der Waals surface area contributed by atoms with E-state index in [4.69, 9.17) is 0 Å². The molecule has 84 valence electrons. The number of hydrogen-bond donors (Lipinski definition) is 2. The number of nitrogens with one attached hydrogen (secondary N) is 1. The van der Waals surface area contributed by atoms with Crippen molar-refractivity contribution < 1.29 is 9.53 Å². The van der Waals surface area contributed by atoms with E-state index in [1.807, 2.05) is 13.8 Å². The lowest BCUT2D eigenvalue weighted by Crippen LogP contribution is -2.45. The van der Waals surface area contributed by atoms with E-state index < -0.39 is 0 Å². The molecule has 0 rings (SSSR count). The highest BCUT2D eigenvalue weighted by Gasteiger charge is 2.22. The van der Waals surface area contributed by atoms with Gasteiger partial charge in [-0.15, -0.1) is 6.58 Å². The maximum absolute atomic E-state index is 10.9. The predicted molar refractivity (Wildman–Crippen MR) is 64.0 cm³/mol. The maximum atomic E-state index is 10.9. The Morgan fingerprint density at radius 1 is 1.64 bits per heavy atom. The largest absolute Gasteiger partial charge is 0.453 e. The molecule has 0 spiro atoms. The van der Waals surface area contributed by atoms with Gasteiger partial charge in [0.15, 0.2) is 0 Å². The molecular formula is C10H21NO2S. The van der Waals surface area contributed by atoms with Crippen LogP contribution in [0.1, 0.15) is 26.7 Å². The van der Waals surface area contributed by atoms with Crippen LogP contribution in [0.15, 0.2) is 12.7 Å². The van der Waals surface area contributed by atoms with Crippen LogP contribution in [0.25, 0.3) is 0 Å². The molecule has 0 aromatic carbocycles. The first kappa shape index (κ1) is 15.8.